The maximum Gasteiger partial charge on any atom is 0.228 e. The third kappa shape index (κ3) is 6.52. The second-order valence-corrected chi connectivity index (χ2v) is 12.3. The molecule has 0 saturated carbocycles. The number of halogens is 1. The lowest BCUT2D eigenvalue weighted by Gasteiger charge is -2.46. The number of amides is 1. The van der Waals surface area contributed by atoms with Crippen LogP contribution >= 0.6 is 0 Å². The van der Waals surface area contributed by atoms with Crippen molar-refractivity contribution in [3.63, 3.8) is 0 Å². The number of Topliss-reactive ketones (excluding diaryl/α,β-unsaturated/α-hetero) is 1. The molecule has 3 atom stereocenters. The first-order valence-electron chi connectivity index (χ1n) is 14.3. The Morgan fingerprint density at radius 2 is 1.79 bits per heavy atom. The summed E-state index contributed by atoms with van der Waals surface area (Å²) in [6.45, 7) is 9.46. The number of hydrogen-bond acceptors (Lipinski definition) is 5. The normalized spacial score (nSPS) is 23.4. The summed E-state index contributed by atoms with van der Waals surface area (Å²) in [5, 5.41) is 10.1. The number of carbonyl (C=O) groups excluding carboxylic acids is 2. The molecule has 0 aromatic heterocycles. The molecule has 6 nitrogen and oxygen atoms in total. The van der Waals surface area contributed by atoms with Crippen LogP contribution in [-0.2, 0) is 4.79 Å². The number of carbonyl (C=O) groups is 2. The van der Waals surface area contributed by atoms with Gasteiger partial charge in [0.2, 0.25) is 5.91 Å². The van der Waals surface area contributed by atoms with E-state index in [1.54, 1.807) is 31.2 Å². The summed E-state index contributed by atoms with van der Waals surface area (Å²) in [5.74, 6) is -1.84. The molecule has 0 bridgehead atoms. The standard InChI is InChI=1S/C32H44FN3O3/c1-22-25(13-9-14-28(22)33)29-26(30(38)23-11-8-12-24(37)19-23)20-35(17-7-6-16-34(4)5)21-27(29)31(39)36-18-10-15-32(36,2)3/h8-9,11-14,19,26-27,29,37H,6-7,10,15-18,20-21H2,1-5H3. The van der Waals surface area contributed by atoms with E-state index in [1.165, 1.54) is 12.1 Å². The summed E-state index contributed by atoms with van der Waals surface area (Å²) < 4.78 is 14.9. The number of phenols is 1. The van der Waals surface area contributed by atoms with Crippen LogP contribution in [0.3, 0.4) is 0 Å². The Hall–Kier alpha value is -2.77. The van der Waals surface area contributed by atoms with Gasteiger partial charge in [-0.15, -0.1) is 0 Å². The maximum absolute atomic E-state index is 14.9. The highest BCUT2D eigenvalue weighted by molar-refractivity contribution is 5.99. The molecule has 2 fully saturated rings. The van der Waals surface area contributed by atoms with Gasteiger partial charge < -0.3 is 19.8 Å². The molecule has 2 heterocycles. The zero-order valence-electron chi connectivity index (χ0n) is 24.1. The average Bonchev–Trinajstić information content (AvgIpc) is 3.25. The number of phenolic OH excluding ortho intramolecular Hbond substituents is 1. The smallest absolute Gasteiger partial charge is 0.228 e. The molecular weight excluding hydrogens is 493 g/mol. The Morgan fingerprint density at radius 3 is 2.46 bits per heavy atom. The van der Waals surface area contributed by atoms with E-state index in [2.05, 4.69) is 37.7 Å². The molecule has 0 spiro atoms. The van der Waals surface area contributed by atoms with Crippen molar-refractivity contribution in [1.29, 1.82) is 0 Å². The van der Waals surface area contributed by atoms with Crippen LogP contribution in [0.2, 0.25) is 0 Å². The highest BCUT2D eigenvalue weighted by Gasteiger charge is 2.48. The predicted molar refractivity (Wildman–Crippen MR) is 153 cm³/mol. The van der Waals surface area contributed by atoms with Crippen molar-refractivity contribution in [3.05, 3.63) is 65.0 Å². The monoisotopic (exact) mass is 537 g/mol. The summed E-state index contributed by atoms with van der Waals surface area (Å²) in [6.07, 6.45) is 3.88. The summed E-state index contributed by atoms with van der Waals surface area (Å²) in [4.78, 5) is 34.9. The lowest BCUT2D eigenvalue weighted by molar-refractivity contribution is -0.142. The topological polar surface area (TPSA) is 64.1 Å². The van der Waals surface area contributed by atoms with Gasteiger partial charge in [-0.3, -0.25) is 9.59 Å². The fraction of sp³-hybridized carbons (Fsp3) is 0.562. The number of hydrogen-bond donors (Lipinski definition) is 1. The molecule has 2 aromatic rings. The van der Waals surface area contributed by atoms with E-state index in [-0.39, 0.29) is 28.8 Å². The van der Waals surface area contributed by atoms with Gasteiger partial charge in [0.05, 0.1) is 5.92 Å². The summed E-state index contributed by atoms with van der Waals surface area (Å²) in [6, 6.07) is 11.4. The lowest BCUT2D eigenvalue weighted by atomic mass is 9.69. The number of rotatable bonds is 9. The highest BCUT2D eigenvalue weighted by atomic mass is 19.1. The highest BCUT2D eigenvalue weighted by Crippen LogP contribution is 2.43. The molecule has 212 valence electrons. The SMILES string of the molecule is Cc1c(F)cccc1C1C(C(=O)c2cccc(O)c2)CN(CCCCN(C)C)CC1C(=O)N1CCCC1(C)C. The number of nitrogens with zero attached hydrogens (tertiary/aromatic N) is 3. The summed E-state index contributed by atoms with van der Waals surface area (Å²) in [5.41, 5.74) is 1.39. The van der Waals surface area contributed by atoms with E-state index in [0.717, 1.165) is 44.3 Å². The number of piperidine rings is 1. The molecular formula is C32H44FN3O3. The van der Waals surface area contributed by atoms with Gasteiger partial charge in [-0.2, -0.15) is 0 Å². The van der Waals surface area contributed by atoms with E-state index >= 15 is 0 Å². The Bertz CT molecular complexity index is 1180. The molecule has 0 radical (unpaired) electrons. The molecule has 1 N–H and O–H groups in total. The number of benzene rings is 2. The molecule has 1 amide bonds. The average molecular weight is 538 g/mol. The van der Waals surface area contributed by atoms with Gasteiger partial charge >= 0.3 is 0 Å². The van der Waals surface area contributed by atoms with Crippen LogP contribution in [0.1, 0.15) is 66.9 Å². The van der Waals surface area contributed by atoms with Crippen molar-refractivity contribution in [3.8, 4) is 5.75 Å². The Kier molecular flexibility index (Phi) is 9.12. The van der Waals surface area contributed by atoms with Crippen molar-refractivity contribution >= 4 is 11.7 Å². The van der Waals surface area contributed by atoms with Gasteiger partial charge in [0, 0.05) is 42.6 Å². The fourth-order valence-electron chi connectivity index (χ4n) is 6.57. The Morgan fingerprint density at radius 1 is 1.08 bits per heavy atom. The van der Waals surface area contributed by atoms with Gasteiger partial charge in [0.25, 0.3) is 0 Å². The van der Waals surface area contributed by atoms with E-state index < -0.39 is 17.8 Å². The third-order valence-electron chi connectivity index (χ3n) is 8.73. The third-order valence-corrected chi connectivity index (χ3v) is 8.73. The molecule has 2 aliphatic rings. The van der Waals surface area contributed by atoms with Crippen molar-refractivity contribution < 1.29 is 19.1 Å². The van der Waals surface area contributed by atoms with Gasteiger partial charge in [-0.05, 0) is 103 Å². The minimum absolute atomic E-state index is 0.0297. The van der Waals surface area contributed by atoms with Crippen molar-refractivity contribution in [1.82, 2.24) is 14.7 Å². The molecule has 39 heavy (non-hydrogen) atoms. The predicted octanol–water partition coefficient (Wildman–Crippen LogP) is 5.10. The maximum atomic E-state index is 14.9. The first-order valence-corrected chi connectivity index (χ1v) is 14.3. The van der Waals surface area contributed by atoms with Crippen LogP contribution in [0.15, 0.2) is 42.5 Å². The number of aromatic hydroxyl groups is 1. The Labute approximate surface area is 232 Å². The van der Waals surface area contributed by atoms with Gasteiger partial charge in [-0.1, -0.05) is 24.3 Å². The molecule has 2 saturated heterocycles. The van der Waals surface area contributed by atoms with Gasteiger partial charge in [0.15, 0.2) is 5.78 Å². The van der Waals surface area contributed by atoms with E-state index in [1.807, 2.05) is 11.0 Å². The molecule has 4 rings (SSSR count). The van der Waals surface area contributed by atoms with Crippen LogP contribution in [0, 0.1) is 24.6 Å². The van der Waals surface area contributed by atoms with E-state index in [0.29, 0.717) is 30.8 Å². The molecule has 3 unspecified atom stereocenters. The largest absolute Gasteiger partial charge is 0.508 e. The van der Waals surface area contributed by atoms with E-state index in [4.69, 9.17) is 0 Å². The van der Waals surface area contributed by atoms with Crippen LogP contribution in [0.25, 0.3) is 0 Å². The first kappa shape index (κ1) is 29.2. The lowest BCUT2D eigenvalue weighted by Crippen LogP contribution is -2.55. The minimum Gasteiger partial charge on any atom is -0.508 e. The van der Waals surface area contributed by atoms with Crippen molar-refractivity contribution in [2.45, 2.75) is 57.9 Å². The number of likely N-dealkylation sites (tertiary alicyclic amines) is 2. The molecule has 2 aliphatic heterocycles. The van der Waals surface area contributed by atoms with Gasteiger partial charge in [0.1, 0.15) is 11.6 Å². The van der Waals surface area contributed by atoms with Crippen LogP contribution < -0.4 is 0 Å². The van der Waals surface area contributed by atoms with Crippen LogP contribution in [0.5, 0.6) is 5.75 Å². The molecule has 0 aliphatic carbocycles. The van der Waals surface area contributed by atoms with Crippen LogP contribution in [0.4, 0.5) is 4.39 Å². The number of ketones is 1. The zero-order chi connectivity index (χ0) is 28.3. The van der Waals surface area contributed by atoms with Crippen molar-refractivity contribution in [2.24, 2.45) is 11.8 Å². The molecule has 2 aromatic carbocycles. The second kappa shape index (κ2) is 12.2. The zero-order valence-corrected chi connectivity index (χ0v) is 24.1. The number of unbranched alkanes of at least 4 members (excludes halogenated alkanes) is 1. The fourth-order valence-corrected chi connectivity index (χ4v) is 6.57. The van der Waals surface area contributed by atoms with Crippen LogP contribution in [-0.4, -0.2) is 83.9 Å². The summed E-state index contributed by atoms with van der Waals surface area (Å²) in [7, 11) is 4.12. The second-order valence-electron chi connectivity index (χ2n) is 12.3. The first-order chi connectivity index (χ1) is 18.5. The minimum atomic E-state index is -0.547. The quantitative estimate of drug-likeness (QED) is 0.356. The summed E-state index contributed by atoms with van der Waals surface area (Å²) >= 11 is 0. The van der Waals surface area contributed by atoms with Gasteiger partial charge in [-0.25, -0.2) is 4.39 Å². The van der Waals surface area contributed by atoms with Crippen molar-refractivity contribution in [2.75, 3.05) is 46.8 Å². The Balaban J connectivity index is 1.77. The molecule has 7 heteroatoms. The van der Waals surface area contributed by atoms with E-state index in [9.17, 15) is 19.1 Å².